The first kappa shape index (κ1) is 14.7. The molecule has 106 valence electrons. The van der Waals surface area contributed by atoms with Gasteiger partial charge >= 0.3 is 12.1 Å². The summed E-state index contributed by atoms with van der Waals surface area (Å²) in [6.07, 6.45) is -3.88. The summed E-state index contributed by atoms with van der Waals surface area (Å²) in [6, 6.07) is 3.34. The van der Waals surface area contributed by atoms with Crippen LogP contribution in [0.25, 0.3) is 0 Å². The molecule has 0 aromatic carbocycles. The van der Waals surface area contributed by atoms with Crippen molar-refractivity contribution < 1.29 is 27.5 Å². The smallest absolute Gasteiger partial charge is 0.417 e. The van der Waals surface area contributed by atoms with E-state index in [9.17, 15) is 18.0 Å². The summed E-state index contributed by atoms with van der Waals surface area (Å²) < 4.78 is 42.2. The Bertz CT molecular complexity index is 657. The number of nitrogens with zero attached hydrogens (tertiary/aromatic N) is 1. The van der Waals surface area contributed by atoms with E-state index in [1.54, 1.807) is 0 Å². The maximum Gasteiger partial charge on any atom is 0.417 e. The van der Waals surface area contributed by atoms with Crippen LogP contribution in [-0.2, 0) is 6.18 Å². The van der Waals surface area contributed by atoms with Gasteiger partial charge in [0, 0.05) is 6.20 Å². The van der Waals surface area contributed by atoms with Crippen molar-refractivity contribution in [1.82, 2.24) is 4.98 Å². The summed E-state index contributed by atoms with van der Waals surface area (Å²) in [5.74, 6) is -1.53. The lowest BCUT2D eigenvalue weighted by atomic mass is 10.3. The van der Waals surface area contributed by atoms with Crippen LogP contribution in [0.1, 0.15) is 16.1 Å². The van der Waals surface area contributed by atoms with Gasteiger partial charge in [0.05, 0.1) is 10.6 Å². The number of alkyl halides is 3. The highest BCUT2D eigenvalue weighted by molar-refractivity contribution is 7.99. The van der Waals surface area contributed by atoms with Gasteiger partial charge in [0.25, 0.3) is 0 Å². The van der Waals surface area contributed by atoms with E-state index in [2.05, 4.69) is 4.98 Å². The molecule has 2 aromatic heterocycles. The Labute approximate surface area is 119 Å². The van der Waals surface area contributed by atoms with Gasteiger partial charge in [-0.2, -0.15) is 13.2 Å². The normalized spacial score (nSPS) is 11.6. The van der Waals surface area contributed by atoms with Crippen LogP contribution in [0.4, 0.5) is 13.2 Å². The van der Waals surface area contributed by atoms with E-state index >= 15 is 0 Å². The molecule has 0 unspecified atom stereocenters. The number of hydrogen-bond acceptors (Lipinski definition) is 4. The van der Waals surface area contributed by atoms with Crippen molar-refractivity contribution in [3.8, 4) is 0 Å². The molecule has 0 radical (unpaired) electrons. The number of rotatable bonds is 3. The van der Waals surface area contributed by atoms with Crippen LogP contribution in [0.2, 0.25) is 5.02 Å². The minimum absolute atomic E-state index is 0.0888. The largest absolute Gasteiger partial charge is 0.475 e. The van der Waals surface area contributed by atoms with Gasteiger partial charge in [0.1, 0.15) is 5.03 Å². The second-order valence-corrected chi connectivity index (χ2v) is 4.94. The van der Waals surface area contributed by atoms with Crippen LogP contribution in [0.15, 0.2) is 38.9 Å². The summed E-state index contributed by atoms with van der Waals surface area (Å²) in [5, 5.41) is 8.73. The van der Waals surface area contributed by atoms with E-state index in [0.29, 0.717) is 6.20 Å². The molecule has 0 aliphatic heterocycles. The topological polar surface area (TPSA) is 63.3 Å². The van der Waals surface area contributed by atoms with Crippen LogP contribution in [-0.4, -0.2) is 16.1 Å². The zero-order valence-electron chi connectivity index (χ0n) is 9.44. The van der Waals surface area contributed by atoms with Crippen molar-refractivity contribution in [2.24, 2.45) is 0 Å². The maximum absolute atomic E-state index is 12.4. The standard InChI is InChI=1S/C11H5ClF3NO3S/c12-6-3-5(11(13,14)15)4-16-9(6)20-8-2-1-7(19-8)10(17)18/h1-4H,(H,17,18). The van der Waals surface area contributed by atoms with Crippen molar-refractivity contribution in [3.63, 3.8) is 0 Å². The van der Waals surface area contributed by atoms with E-state index in [4.69, 9.17) is 21.1 Å². The molecular weight excluding hydrogens is 319 g/mol. The molecule has 2 aromatic rings. The quantitative estimate of drug-likeness (QED) is 0.917. The molecule has 2 rings (SSSR count). The molecule has 4 nitrogen and oxygen atoms in total. The van der Waals surface area contributed by atoms with Gasteiger partial charge in [-0.05, 0) is 30.0 Å². The average Bonchev–Trinajstić information content (AvgIpc) is 2.79. The number of furan rings is 1. The molecule has 9 heteroatoms. The number of hydrogen-bond donors (Lipinski definition) is 1. The molecule has 0 saturated heterocycles. The molecule has 2 heterocycles. The molecule has 0 saturated carbocycles. The van der Waals surface area contributed by atoms with E-state index in [1.807, 2.05) is 0 Å². The first-order valence-corrected chi connectivity index (χ1v) is 6.20. The van der Waals surface area contributed by atoms with Crippen molar-refractivity contribution in [1.29, 1.82) is 0 Å². The Balaban J connectivity index is 2.23. The number of pyridine rings is 1. The number of halogens is 4. The Hall–Kier alpha value is -1.67. The van der Waals surface area contributed by atoms with E-state index in [0.717, 1.165) is 17.8 Å². The van der Waals surface area contributed by atoms with Crippen LogP contribution in [0.5, 0.6) is 0 Å². The van der Waals surface area contributed by atoms with Crippen LogP contribution in [0.3, 0.4) is 0 Å². The van der Waals surface area contributed by atoms with Crippen LogP contribution in [0, 0.1) is 0 Å². The summed E-state index contributed by atoms with van der Waals surface area (Å²) >= 11 is 6.54. The predicted octanol–water partition coefficient (Wildman–Crippen LogP) is 4.20. The lowest BCUT2D eigenvalue weighted by Gasteiger charge is -2.07. The Kier molecular flexibility index (Phi) is 3.96. The van der Waals surface area contributed by atoms with Gasteiger partial charge in [-0.15, -0.1) is 0 Å². The van der Waals surface area contributed by atoms with Crippen molar-refractivity contribution >= 4 is 29.3 Å². The predicted molar refractivity (Wildman–Crippen MR) is 64.0 cm³/mol. The van der Waals surface area contributed by atoms with Crippen LogP contribution < -0.4 is 0 Å². The summed E-state index contributed by atoms with van der Waals surface area (Å²) in [6.45, 7) is 0. The molecule has 0 spiro atoms. The fourth-order valence-corrected chi connectivity index (χ4v) is 2.24. The second-order valence-electron chi connectivity index (χ2n) is 3.53. The first-order valence-electron chi connectivity index (χ1n) is 5.01. The Morgan fingerprint density at radius 2 is 2.10 bits per heavy atom. The van der Waals surface area contributed by atoms with E-state index in [1.165, 1.54) is 12.1 Å². The third-order valence-electron chi connectivity index (χ3n) is 2.12. The molecule has 20 heavy (non-hydrogen) atoms. The van der Waals surface area contributed by atoms with Crippen molar-refractivity contribution in [2.75, 3.05) is 0 Å². The fourth-order valence-electron chi connectivity index (χ4n) is 1.24. The third kappa shape index (κ3) is 3.26. The Morgan fingerprint density at radius 3 is 2.60 bits per heavy atom. The summed E-state index contributed by atoms with van der Waals surface area (Å²) in [7, 11) is 0. The zero-order chi connectivity index (χ0) is 14.9. The van der Waals surface area contributed by atoms with Gasteiger partial charge in [-0.3, -0.25) is 0 Å². The van der Waals surface area contributed by atoms with Gasteiger partial charge in [-0.1, -0.05) is 11.6 Å². The van der Waals surface area contributed by atoms with Crippen molar-refractivity contribution in [3.05, 3.63) is 40.7 Å². The second kappa shape index (κ2) is 5.37. The van der Waals surface area contributed by atoms with E-state index in [-0.39, 0.29) is 20.9 Å². The lowest BCUT2D eigenvalue weighted by molar-refractivity contribution is -0.137. The first-order chi connectivity index (χ1) is 9.27. The monoisotopic (exact) mass is 323 g/mol. The molecule has 0 fully saturated rings. The number of carbonyl (C=O) groups is 1. The zero-order valence-corrected chi connectivity index (χ0v) is 11.0. The van der Waals surface area contributed by atoms with Crippen molar-refractivity contribution in [2.45, 2.75) is 16.3 Å². The third-order valence-corrected chi connectivity index (χ3v) is 3.46. The molecule has 0 atom stereocenters. The highest BCUT2D eigenvalue weighted by atomic mass is 35.5. The van der Waals surface area contributed by atoms with Gasteiger partial charge in [-0.25, -0.2) is 9.78 Å². The minimum atomic E-state index is -4.53. The maximum atomic E-state index is 12.4. The number of carboxylic acids is 1. The summed E-state index contributed by atoms with van der Waals surface area (Å²) in [5.41, 5.74) is -0.961. The van der Waals surface area contributed by atoms with Crippen LogP contribution >= 0.6 is 23.4 Å². The highest BCUT2D eigenvalue weighted by Gasteiger charge is 2.31. The fraction of sp³-hybridized carbons (Fsp3) is 0.0909. The average molecular weight is 324 g/mol. The Morgan fingerprint density at radius 1 is 1.40 bits per heavy atom. The molecule has 0 bridgehead atoms. The SMILES string of the molecule is O=C(O)c1ccc(Sc2ncc(C(F)(F)F)cc2Cl)o1. The molecule has 0 aliphatic rings. The lowest BCUT2D eigenvalue weighted by Crippen LogP contribution is -2.05. The molecule has 0 amide bonds. The summed E-state index contributed by atoms with van der Waals surface area (Å²) in [4.78, 5) is 14.2. The number of aromatic carboxylic acids is 1. The molecule has 0 aliphatic carbocycles. The van der Waals surface area contributed by atoms with Gasteiger partial charge < -0.3 is 9.52 Å². The van der Waals surface area contributed by atoms with Gasteiger partial charge in [0.15, 0.2) is 5.09 Å². The van der Waals surface area contributed by atoms with E-state index < -0.39 is 17.7 Å². The molecular formula is C11H5ClF3NO3S. The highest BCUT2D eigenvalue weighted by Crippen LogP contribution is 2.36. The minimum Gasteiger partial charge on any atom is -0.475 e. The van der Waals surface area contributed by atoms with Gasteiger partial charge in [0.2, 0.25) is 5.76 Å². The number of aromatic nitrogens is 1. The molecule has 1 N–H and O–H groups in total. The number of carboxylic acid groups (broad SMARTS) is 1.